The maximum atomic E-state index is 12.7. The van der Waals surface area contributed by atoms with Crippen molar-refractivity contribution >= 4 is 17.7 Å². The average Bonchev–Trinajstić information content (AvgIpc) is 2.57. The van der Waals surface area contributed by atoms with E-state index < -0.39 is 35.9 Å². The molecule has 0 bridgehead atoms. The minimum atomic E-state index is -1.30. The molecule has 5 N–H and O–H groups in total. The summed E-state index contributed by atoms with van der Waals surface area (Å²) in [6.45, 7) is 6.87. The Hall–Kier alpha value is -0.380. The van der Waals surface area contributed by atoms with E-state index in [2.05, 4.69) is 17.6 Å². The first-order chi connectivity index (χ1) is 12.3. The molecular weight excluding hydrogens is 356 g/mol. The summed E-state index contributed by atoms with van der Waals surface area (Å²) in [7, 11) is 0. The van der Waals surface area contributed by atoms with Crippen molar-refractivity contribution in [2.75, 3.05) is 12.8 Å². The quantitative estimate of drug-likeness (QED) is 0.399. The number of nitrogens with one attached hydrogen (secondary N) is 2. The number of carbonyl (C=O) groups excluding carboxylic acids is 1. The van der Waals surface area contributed by atoms with Crippen LogP contribution in [0.25, 0.3) is 0 Å². The fourth-order valence-corrected chi connectivity index (χ4v) is 4.37. The van der Waals surface area contributed by atoms with E-state index in [0.717, 1.165) is 25.8 Å². The van der Waals surface area contributed by atoms with Crippen molar-refractivity contribution in [1.82, 2.24) is 10.6 Å². The Balaban J connectivity index is 2.05. The molecule has 0 aromatic rings. The topological polar surface area (TPSA) is 111 Å². The van der Waals surface area contributed by atoms with Crippen molar-refractivity contribution in [2.45, 2.75) is 82.0 Å². The number of amides is 1. The summed E-state index contributed by atoms with van der Waals surface area (Å²) in [4.78, 5) is 12.7. The van der Waals surface area contributed by atoms with Crippen LogP contribution in [0.4, 0.5) is 0 Å². The molecule has 0 radical (unpaired) electrons. The zero-order valence-corrected chi connectivity index (χ0v) is 16.9. The van der Waals surface area contributed by atoms with Crippen LogP contribution in [-0.2, 0) is 9.53 Å². The molecule has 0 aromatic heterocycles. The molecule has 0 spiro atoms. The van der Waals surface area contributed by atoms with Gasteiger partial charge in [-0.05, 0) is 24.5 Å². The van der Waals surface area contributed by atoms with Crippen LogP contribution >= 0.6 is 11.8 Å². The number of aliphatic hydroxyl groups is 3. The van der Waals surface area contributed by atoms with Crippen molar-refractivity contribution in [1.29, 1.82) is 0 Å². The predicted molar refractivity (Wildman–Crippen MR) is 102 cm³/mol. The summed E-state index contributed by atoms with van der Waals surface area (Å²) in [5.74, 6) is 0.247. The first-order valence-electron chi connectivity index (χ1n) is 9.58. The van der Waals surface area contributed by atoms with Gasteiger partial charge in [-0.1, -0.05) is 33.6 Å². The number of hydrogen-bond acceptors (Lipinski definition) is 7. The smallest absolute Gasteiger partial charge is 0.237 e. The van der Waals surface area contributed by atoms with Gasteiger partial charge in [-0.2, -0.15) is 0 Å². The third-order valence-electron chi connectivity index (χ3n) is 5.50. The first-order valence-corrected chi connectivity index (χ1v) is 10.9. The molecule has 0 aromatic carbocycles. The van der Waals surface area contributed by atoms with E-state index in [-0.39, 0.29) is 17.9 Å². The molecule has 2 saturated heterocycles. The highest BCUT2D eigenvalue weighted by molar-refractivity contribution is 7.99. The monoisotopic (exact) mass is 390 g/mol. The molecule has 0 aliphatic carbocycles. The van der Waals surface area contributed by atoms with E-state index in [0.29, 0.717) is 5.92 Å². The Morgan fingerprint density at radius 3 is 2.46 bits per heavy atom. The van der Waals surface area contributed by atoms with Crippen LogP contribution in [0.2, 0.25) is 0 Å². The zero-order valence-electron chi connectivity index (χ0n) is 16.1. The van der Waals surface area contributed by atoms with Gasteiger partial charge in [-0.3, -0.25) is 4.79 Å². The van der Waals surface area contributed by atoms with Gasteiger partial charge >= 0.3 is 0 Å². The van der Waals surface area contributed by atoms with E-state index in [4.69, 9.17) is 4.74 Å². The van der Waals surface area contributed by atoms with Crippen LogP contribution in [0.5, 0.6) is 0 Å². The second-order valence-electron chi connectivity index (χ2n) is 7.74. The van der Waals surface area contributed by atoms with E-state index in [9.17, 15) is 20.1 Å². The highest BCUT2D eigenvalue weighted by Crippen LogP contribution is 2.30. The molecular formula is C18H34N2O5S. The molecule has 2 aliphatic heterocycles. The maximum absolute atomic E-state index is 12.7. The summed E-state index contributed by atoms with van der Waals surface area (Å²) >= 11 is 1.27. The van der Waals surface area contributed by atoms with Crippen molar-refractivity contribution in [3.8, 4) is 0 Å². The van der Waals surface area contributed by atoms with Gasteiger partial charge in [0, 0.05) is 6.54 Å². The van der Waals surface area contributed by atoms with Crippen molar-refractivity contribution in [3.63, 3.8) is 0 Å². The summed E-state index contributed by atoms with van der Waals surface area (Å²) in [6, 6.07) is -0.668. The minimum absolute atomic E-state index is 0.00211. The molecule has 26 heavy (non-hydrogen) atoms. The Labute approximate surface area is 160 Å². The SMILES string of the molecule is CCCCC1CNC1C(=O)NC(C(C)C)C1OC(SC)C(O)C(O)C1O. The number of thioether (sulfide) groups is 1. The molecule has 2 aliphatic rings. The number of hydrogen-bond donors (Lipinski definition) is 5. The molecule has 2 rings (SSSR count). The number of ether oxygens (including phenoxy) is 1. The van der Waals surface area contributed by atoms with Crippen molar-refractivity contribution in [3.05, 3.63) is 0 Å². The lowest BCUT2D eigenvalue weighted by atomic mass is 9.85. The lowest BCUT2D eigenvalue weighted by molar-refractivity contribution is -0.208. The van der Waals surface area contributed by atoms with E-state index in [1.54, 1.807) is 6.26 Å². The summed E-state index contributed by atoms with van der Waals surface area (Å²) in [6.07, 6.45) is 0.515. The molecule has 152 valence electrons. The van der Waals surface area contributed by atoms with Crippen molar-refractivity contribution in [2.24, 2.45) is 11.8 Å². The van der Waals surface area contributed by atoms with Gasteiger partial charge in [0.25, 0.3) is 0 Å². The van der Waals surface area contributed by atoms with Gasteiger partial charge in [0.1, 0.15) is 29.9 Å². The van der Waals surface area contributed by atoms with Crippen LogP contribution in [0.1, 0.15) is 40.0 Å². The summed E-state index contributed by atoms with van der Waals surface area (Å²) in [5, 5.41) is 36.8. The van der Waals surface area contributed by atoms with Gasteiger partial charge in [0.05, 0.1) is 12.1 Å². The zero-order chi connectivity index (χ0) is 19.4. The Morgan fingerprint density at radius 2 is 1.96 bits per heavy atom. The van der Waals surface area contributed by atoms with E-state index in [1.807, 2.05) is 13.8 Å². The van der Waals surface area contributed by atoms with Crippen LogP contribution < -0.4 is 10.6 Å². The molecule has 2 fully saturated rings. The van der Waals surface area contributed by atoms with Gasteiger partial charge in [-0.15, -0.1) is 11.8 Å². The third kappa shape index (κ3) is 4.72. The largest absolute Gasteiger partial charge is 0.388 e. The van der Waals surface area contributed by atoms with Gasteiger partial charge in [0.15, 0.2) is 0 Å². The number of unbranched alkanes of at least 4 members (excludes halogenated alkanes) is 1. The fraction of sp³-hybridized carbons (Fsp3) is 0.944. The molecule has 1 amide bonds. The Morgan fingerprint density at radius 1 is 1.27 bits per heavy atom. The Kier molecular flexibility index (Phi) is 8.18. The van der Waals surface area contributed by atoms with Crippen LogP contribution in [-0.4, -0.2) is 76.0 Å². The third-order valence-corrected chi connectivity index (χ3v) is 6.36. The minimum Gasteiger partial charge on any atom is -0.388 e. The van der Waals surface area contributed by atoms with Gasteiger partial charge in [0.2, 0.25) is 5.91 Å². The number of carbonyl (C=O) groups is 1. The van der Waals surface area contributed by atoms with Crippen molar-refractivity contribution < 1.29 is 24.9 Å². The normalized spacial score (nSPS) is 38.7. The summed E-state index contributed by atoms with van der Waals surface area (Å²) in [5.41, 5.74) is -0.643. The first kappa shape index (κ1) is 21.9. The lowest BCUT2D eigenvalue weighted by Gasteiger charge is -2.45. The second-order valence-corrected chi connectivity index (χ2v) is 8.68. The maximum Gasteiger partial charge on any atom is 0.237 e. The molecule has 0 saturated carbocycles. The fourth-order valence-electron chi connectivity index (χ4n) is 3.69. The predicted octanol–water partition coefficient (Wildman–Crippen LogP) is 0.0760. The summed E-state index contributed by atoms with van der Waals surface area (Å²) < 4.78 is 5.85. The lowest BCUT2D eigenvalue weighted by Crippen LogP contribution is -2.67. The number of rotatable bonds is 8. The van der Waals surface area contributed by atoms with Crippen LogP contribution in [0.15, 0.2) is 0 Å². The molecule has 8 heteroatoms. The molecule has 8 unspecified atom stereocenters. The van der Waals surface area contributed by atoms with E-state index in [1.165, 1.54) is 11.8 Å². The molecule has 7 nitrogen and oxygen atoms in total. The standard InChI is InChI=1S/C18H34N2O5S/c1-5-6-7-10-8-19-12(10)17(24)20-11(9(2)3)16-14(22)13(21)15(23)18(25-16)26-4/h9-16,18-19,21-23H,5-8H2,1-4H3,(H,20,24). The van der Waals surface area contributed by atoms with E-state index >= 15 is 0 Å². The van der Waals surface area contributed by atoms with Gasteiger partial charge in [-0.25, -0.2) is 0 Å². The highest BCUT2D eigenvalue weighted by Gasteiger charge is 2.48. The highest BCUT2D eigenvalue weighted by atomic mass is 32.2. The molecule has 2 heterocycles. The number of aliphatic hydroxyl groups excluding tert-OH is 3. The van der Waals surface area contributed by atoms with Crippen LogP contribution in [0, 0.1) is 11.8 Å². The van der Waals surface area contributed by atoms with Gasteiger partial charge < -0.3 is 30.7 Å². The molecule has 8 atom stereocenters. The Bertz CT molecular complexity index is 465. The van der Waals surface area contributed by atoms with Crippen LogP contribution in [0.3, 0.4) is 0 Å². The second kappa shape index (κ2) is 9.71. The average molecular weight is 391 g/mol.